The van der Waals surface area contributed by atoms with Crippen LogP contribution in [0.2, 0.25) is 0 Å². The topological polar surface area (TPSA) is 52.6 Å². The van der Waals surface area contributed by atoms with E-state index in [1.54, 1.807) is 12.1 Å². The number of thiol groups is 1. The molecular formula is C16H23N3O2S. The molecule has 1 unspecified atom stereocenters. The van der Waals surface area contributed by atoms with Crippen molar-refractivity contribution in [3.63, 3.8) is 0 Å². The van der Waals surface area contributed by atoms with E-state index in [9.17, 15) is 9.59 Å². The smallest absolute Gasteiger partial charge is 0.251 e. The minimum atomic E-state index is -0.506. The molecule has 1 fully saturated rings. The molecule has 0 aliphatic carbocycles. The molecule has 6 heteroatoms. The Morgan fingerprint density at radius 3 is 2.41 bits per heavy atom. The molecule has 1 aromatic rings. The minimum Gasteiger partial charge on any atom is -0.340 e. The molecule has 2 amide bonds. The molecule has 0 saturated carbocycles. The van der Waals surface area contributed by atoms with Crippen molar-refractivity contribution in [1.29, 1.82) is 0 Å². The molecule has 0 aromatic heterocycles. The van der Waals surface area contributed by atoms with Crippen molar-refractivity contribution in [1.82, 2.24) is 15.1 Å². The average Bonchev–Trinajstić information content (AvgIpc) is 2.55. The van der Waals surface area contributed by atoms with Gasteiger partial charge in [0.05, 0.1) is 0 Å². The molecule has 22 heavy (non-hydrogen) atoms. The predicted molar refractivity (Wildman–Crippen MR) is 90.2 cm³/mol. The summed E-state index contributed by atoms with van der Waals surface area (Å²) in [6, 6.07) is 8.46. The number of benzene rings is 1. The minimum absolute atomic E-state index is 0.00793. The van der Waals surface area contributed by atoms with E-state index >= 15 is 0 Å². The second kappa shape index (κ2) is 8.19. The van der Waals surface area contributed by atoms with Gasteiger partial charge in [0.2, 0.25) is 5.91 Å². The number of likely N-dealkylation sites (N-methyl/N-ethyl adjacent to an activating group) is 1. The van der Waals surface area contributed by atoms with E-state index < -0.39 is 6.04 Å². The van der Waals surface area contributed by atoms with Crippen molar-refractivity contribution in [3.05, 3.63) is 35.9 Å². The van der Waals surface area contributed by atoms with Crippen LogP contribution in [0.4, 0.5) is 0 Å². The Balaban J connectivity index is 1.99. The maximum Gasteiger partial charge on any atom is 0.251 e. The Bertz CT molecular complexity index is 501. The number of rotatable bonds is 5. The maximum atomic E-state index is 12.6. The van der Waals surface area contributed by atoms with Crippen molar-refractivity contribution in [2.24, 2.45) is 0 Å². The molecule has 0 bridgehead atoms. The van der Waals surface area contributed by atoms with Crippen LogP contribution in [0.15, 0.2) is 30.3 Å². The fourth-order valence-corrected chi connectivity index (χ4v) is 2.72. The summed E-state index contributed by atoms with van der Waals surface area (Å²) in [4.78, 5) is 28.9. The molecule has 1 aliphatic heterocycles. The number of nitrogens with one attached hydrogen (secondary N) is 1. The predicted octanol–water partition coefficient (Wildman–Crippen LogP) is 0.879. The van der Waals surface area contributed by atoms with E-state index in [0.29, 0.717) is 30.8 Å². The highest BCUT2D eigenvalue weighted by Crippen LogP contribution is 2.07. The summed E-state index contributed by atoms with van der Waals surface area (Å²) in [6.45, 7) is 3.15. The summed E-state index contributed by atoms with van der Waals surface area (Å²) in [7, 11) is 2.05. The molecule has 1 N–H and O–H groups in total. The summed E-state index contributed by atoms with van der Waals surface area (Å²) in [5.74, 6) is 0.334. The summed E-state index contributed by atoms with van der Waals surface area (Å²) < 4.78 is 0. The molecule has 1 heterocycles. The van der Waals surface area contributed by atoms with Crippen LogP contribution >= 0.6 is 12.6 Å². The summed E-state index contributed by atoms with van der Waals surface area (Å²) in [5, 5.41) is 2.85. The van der Waals surface area contributed by atoms with Gasteiger partial charge in [-0.1, -0.05) is 18.2 Å². The van der Waals surface area contributed by atoms with Gasteiger partial charge in [-0.25, -0.2) is 0 Å². The largest absolute Gasteiger partial charge is 0.340 e. The first-order valence-corrected chi connectivity index (χ1v) is 8.19. The van der Waals surface area contributed by atoms with Gasteiger partial charge >= 0.3 is 0 Å². The molecular weight excluding hydrogens is 298 g/mol. The second-order valence-corrected chi connectivity index (χ2v) is 5.98. The standard InChI is InChI=1S/C16H23N3O2S/c1-18-8-10-19(11-9-18)16(21)14(7-12-22)17-15(20)13-5-3-2-4-6-13/h2-6,14,22H,7-12H2,1H3,(H,17,20). The third-order valence-electron chi connectivity index (χ3n) is 3.87. The number of hydrogen-bond acceptors (Lipinski definition) is 4. The van der Waals surface area contributed by atoms with Gasteiger partial charge in [0.1, 0.15) is 6.04 Å². The van der Waals surface area contributed by atoms with Gasteiger partial charge < -0.3 is 15.1 Å². The first kappa shape index (κ1) is 16.8. The van der Waals surface area contributed by atoms with Crippen LogP contribution < -0.4 is 5.32 Å². The van der Waals surface area contributed by atoms with Gasteiger partial charge in [-0.3, -0.25) is 9.59 Å². The molecule has 2 rings (SSSR count). The molecule has 1 aromatic carbocycles. The Labute approximate surface area is 137 Å². The highest BCUT2D eigenvalue weighted by Gasteiger charge is 2.27. The highest BCUT2D eigenvalue weighted by atomic mass is 32.1. The van der Waals surface area contributed by atoms with E-state index in [0.717, 1.165) is 13.1 Å². The normalized spacial score (nSPS) is 17.1. The zero-order chi connectivity index (χ0) is 15.9. The SMILES string of the molecule is CN1CCN(C(=O)C(CCS)NC(=O)c2ccccc2)CC1. The zero-order valence-electron chi connectivity index (χ0n) is 12.9. The molecule has 0 radical (unpaired) electrons. The van der Waals surface area contributed by atoms with Gasteiger partial charge in [-0.2, -0.15) is 12.6 Å². The van der Waals surface area contributed by atoms with Gasteiger partial charge in [-0.15, -0.1) is 0 Å². The van der Waals surface area contributed by atoms with Gasteiger partial charge in [0, 0.05) is 31.7 Å². The molecule has 5 nitrogen and oxygen atoms in total. The zero-order valence-corrected chi connectivity index (χ0v) is 13.8. The molecule has 1 aliphatic rings. The van der Waals surface area contributed by atoms with Gasteiger partial charge in [-0.05, 0) is 31.4 Å². The molecule has 0 spiro atoms. The highest BCUT2D eigenvalue weighted by molar-refractivity contribution is 7.80. The van der Waals surface area contributed by atoms with Crippen LogP contribution in [0.3, 0.4) is 0 Å². The second-order valence-electron chi connectivity index (χ2n) is 5.53. The number of hydrogen-bond donors (Lipinski definition) is 2. The number of amides is 2. The molecule has 1 saturated heterocycles. The molecule has 120 valence electrons. The lowest BCUT2D eigenvalue weighted by molar-refractivity contribution is -0.134. The van der Waals surface area contributed by atoms with E-state index in [1.165, 1.54) is 0 Å². The maximum absolute atomic E-state index is 12.6. The number of carbonyl (C=O) groups is 2. The van der Waals surface area contributed by atoms with Crippen molar-refractivity contribution >= 4 is 24.4 Å². The van der Waals surface area contributed by atoms with Crippen LogP contribution in [0.5, 0.6) is 0 Å². The van der Waals surface area contributed by atoms with Crippen molar-refractivity contribution in [3.8, 4) is 0 Å². The van der Waals surface area contributed by atoms with E-state index in [4.69, 9.17) is 0 Å². The van der Waals surface area contributed by atoms with Crippen LogP contribution in [-0.2, 0) is 4.79 Å². The molecule has 1 atom stereocenters. The lowest BCUT2D eigenvalue weighted by Gasteiger charge is -2.34. The van der Waals surface area contributed by atoms with E-state index in [2.05, 4.69) is 22.8 Å². The van der Waals surface area contributed by atoms with Crippen molar-refractivity contribution < 1.29 is 9.59 Å². The lowest BCUT2D eigenvalue weighted by Crippen LogP contribution is -2.54. The summed E-state index contributed by atoms with van der Waals surface area (Å²) in [6.07, 6.45) is 0.535. The third-order valence-corrected chi connectivity index (χ3v) is 4.13. The average molecular weight is 321 g/mol. The summed E-state index contributed by atoms with van der Waals surface area (Å²) >= 11 is 4.21. The summed E-state index contributed by atoms with van der Waals surface area (Å²) in [5.41, 5.74) is 0.567. The monoisotopic (exact) mass is 321 g/mol. The Morgan fingerprint density at radius 1 is 1.18 bits per heavy atom. The number of piperazine rings is 1. The fourth-order valence-electron chi connectivity index (χ4n) is 2.46. The van der Waals surface area contributed by atoms with Gasteiger partial charge in [0.25, 0.3) is 5.91 Å². The first-order valence-electron chi connectivity index (χ1n) is 7.56. The lowest BCUT2D eigenvalue weighted by atomic mass is 10.1. The Kier molecular flexibility index (Phi) is 6.27. The first-order chi connectivity index (χ1) is 10.6. The quantitative estimate of drug-likeness (QED) is 0.792. The van der Waals surface area contributed by atoms with Crippen LogP contribution in [0, 0.1) is 0 Å². The van der Waals surface area contributed by atoms with E-state index in [1.807, 2.05) is 30.1 Å². The Morgan fingerprint density at radius 2 is 1.82 bits per heavy atom. The number of carbonyl (C=O) groups excluding carboxylic acids is 2. The van der Waals surface area contributed by atoms with Crippen molar-refractivity contribution in [2.45, 2.75) is 12.5 Å². The Hall–Kier alpha value is -1.53. The van der Waals surface area contributed by atoms with E-state index in [-0.39, 0.29) is 11.8 Å². The van der Waals surface area contributed by atoms with Crippen LogP contribution in [-0.4, -0.2) is 66.6 Å². The van der Waals surface area contributed by atoms with Crippen LogP contribution in [0.1, 0.15) is 16.8 Å². The number of nitrogens with zero attached hydrogens (tertiary/aromatic N) is 2. The van der Waals surface area contributed by atoms with Gasteiger partial charge in [0.15, 0.2) is 0 Å². The van der Waals surface area contributed by atoms with Crippen LogP contribution in [0.25, 0.3) is 0 Å². The van der Waals surface area contributed by atoms with Crippen molar-refractivity contribution in [2.75, 3.05) is 39.0 Å². The fraction of sp³-hybridized carbons (Fsp3) is 0.500. The third kappa shape index (κ3) is 4.48.